The summed E-state index contributed by atoms with van der Waals surface area (Å²) in [5, 5.41) is 3.92. The van der Waals surface area contributed by atoms with E-state index < -0.39 is 0 Å². The van der Waals surface area contributed by atoms with Crippen LogP contribution in [0.4, 0.5) is 11.4 Å². The lowest BCUT2D eigenvalue weighted by Gasteiger charge is -2.41. The largest absolute Gasteiger partial charge is 0.489 e. The average Bonchev–Trinajstić information content (AvgIpc) is 2.56. The van der Waals surface area contributed by atoms with Crippen LogP contribution in [0.2, 0.25) is 0 Å². The molecule has 3 heterocycles. The van der Waals surface area contributed by atoms with Gasteiger partial charge in [-0.3, -0.25) is 9.59 Å². The molecule has 0 atom stereocenters. The van der Waals surface area contributed by atoms with Gasteiger partial charge in [-0.1, -0.05) is 6.07 Å². The Morgan fingerprint density at radius 2 is 2.14 bits per heavy atom. The number of hydrogen-bond acceptors (Lipinski definition) is 5. The molecule has 1 N–H and O–H groups in total. The van der Waals surface area contributed by atoms with Gasteiger partial charge in [-0.15, -0.1) is 0 Å². The monoisotopic (exact) mass is 300 g/mol. The maximum absolute atomic E-state index is 12.7. The molecule has 3 aliphatic rings. The van der Waals surface area contributed by atoms with E-state index in [1.54, 1.807) is 4.90 Å². The highest BCUT2D eigenvalue weighted by molar-refractivity contribution is 6.44. The van der Waals surface area contributed by atoms with Crippen LogP contribution in [0.1, 0.15) is 12.8 Å². The summed E-state index contributed by atoms with van der Waals surface area (Å²) < 4.78 is 5.69. The molecule has 1 aromatic rings. The summed E-state index contributed by atoms with van der Waals surface area (Å²) in [5.74, 6) is 0.533. The lowest BCUT2D eigenvalue weighted by Crippen LogP contribution is -2.49. The molecule has 7 nitrogen and oxygen atoms in total. The van der Waals surface area contributed by atoms with Crippen LogP contribution in [0, 0.1) is 0 Å². The molecule has 22 heavy (non-hydrogen) atoms. The average molecular weight is 300 g/mol. The first-order valence-electron chi connectivity index (χ1n) is 7.42. The Morgan fingerprint density at radius 1 is 1.23 bits per heavy atom. The Bertz CT molecular complexity index is 685. The van der Waals surface area contributed by atoms with Gasteiger partial charge in [0.15, 0.2) is 0 Å². The molecular weight excluding hydrogens is 284 g/mol. The number of nitrogens with zero attached hydrogens (tertiary/aromatic N) is 3. The number of carbonyl (C=O) groups is 2. The fourth-order valence-corrected chi connectivity index (χ4v) is 3.10. The Labute approximate surface area is 127 Å². The molecule has 0 aromatic heterocycles. The number of hydrogen-bond donors (Lipinski definition) is 1. The van der Waals surface area contributed by atoms with Crippen molar-refractivity contribution in [3.05, 3.63) is 18.2 Å². The summed E-state index contributed by atoms with van der Waals surface area (Å²) in [6.07, 6.45) is 0.691. The van der Waals surface area contributed by atoms with E-state index in [1.165, 1.54) is 0 Å². The van der Waals surface area contributed by atoms with E-state index in [0.29, 0.717) is 31.7 Å². The summed E-state index contributed by atoms with van der Waals surface area (Å²) in [6.45, 7) is 2.90. The van der Waals surface area contributed by atoms with Gasteiger partial charge >= 0.3 is 0 Å². The first-order chi connectivity index (χ1) is 10.7. The summed E-state index contributed by atoms with van der Waals surface area (Å²) in [6, 6.07) is 5.75. The van der Waals surface area contributed by atoms with Gasteiger partial charge in [-0.05, 0) is 12.1 Å². The highest BCUT2D eigenvalue weighted by Crippen LogP contribution is 2.42. The highest BCUT2D eigenvalue weighted by atomic mass is 16.5. The fourth-order valence-electron chi connectivity index (χ4n) is 3.10. The van der Waals surface area contributed by atoms with Crippen LogP contribution in [-0.4, -0.2) is 43.8 Å². The van der Waals surface area contributed by atoms with Crippen LogP contribution in [0.25, 0.3) is 0 Å². The van der Waals surface area contributed by atoms with Crippen LogP contribution in [0.5, 0.6) is 5.75 Å². The van der Waals surface area contributed by atoms with Crippen molar-refractivity contribution >= 4 is 28.9 Å². The van der Waals surface area contributed by atoms with E-state index >= 15 is 0 Å². The molecule has 3 aliphatic heterocycles. The van der Waals surface area contributed by atoms with Crippen LogP contribution >= 0.6 is 0 Å². The van der Waals surface area contributed by atoms with Crippen LogP contribution in [0.15, 0.2) is 23.3 Å². The van der Waals surface area contributed by atoms with Gasteiger partial charge in [0, 0.05) is 25.9 Å². The topological polar surface area (TPSA) is 74.2 Å². The van der Waals surface area contributed by atoms with Crippen molar-refractivity contribution in [2.45, 2.75) is 12.8 Å². The molecule has 0 saturated carbocycles. The molecule has 0 fully saturated rings. The number of ether oxygens (including phenoxy) is 1. The number of para-hydroxylation sites is 1. The molecule has 0 aliphatic carbocycles. The quantitative estimate of drug-likeness (QED) is 0.819. The Kier molecular flexibility index (Phi) is 2.99. The van der Waals surface area contributed by atoms with E-state index in [1.807, 2.05) is 18.2 Å². The lowest BCUT2D eigenvalue weighted by molar-refractivity contribution is -0.121. The van der Waals surface area contributed by atoms with Gasteiger partial charge in [0.05, 0.1) is 12.2 Å². The van der Waals surface area contributed by atoms with Crippen molar-refractivity contribution in [3.63, 3.8) is 0 Å². The van der Waals surface area contributed by atoms with Crippen molar-refractivity contribution in [2.75, 3.05) is 36.0 Å². The Morgan fingerprint density at radius 3 is 2.95 bits per heavy atom. The van der Waals surface area contributed by atoms with E-state index in [0.717, 1.165) is 30.2 Å². The number of rotatable bonds is 1. The number of hydrazone groups is 1. The maximum Gasteiger partial charge on any atom is 0.274 e. The van der Waals surface area contributed by atoms with Crippen LogP contribution in [-0.2, 0) is 9.59 Å². The number of carbonyl (C=O) groups excluding carboxylic acids is 2. The second-order valence-electron chi connectivity index (χ2n) is 5.51. The third-order valence-corrected chi connectivity index (χ3v) is 4.19. The number of amides is 2. The minimum atomic E-state index is -0.146. The van der Waals surface area contributed by atoms with Crippen molar-refractivity contribution in [2.24, 2.45) is 5.10 Å². The van der Waals surface area contributed by atoms with E-state index in [9.17, 15) is 9.59 Å². The SMILES string of the molecule is O=C1CCC(C(=O)N2CCN3CCOc4cccc2c43)=NN1. The summed E-state index contributed by atoms with van der Waals surface area (Å²) in [5.41, 5.74) is 4.63. The molecule has 7 heteroatoms. The minimum Gasteiger partial charge on any atom is -0.489 e. The molecule has 4 rings (SSSR count). The molecule has 2 amide bonds. The number of anilines is 2. The van der Waals surface area contributed by atoms with Gasteiger partial charge in [-0.2, -0.15) is 5.10 Å². The molecule has 114 valence electrons. The highest BCUT2D eigenvalue weighted by Gasteiger charge is 2.33. The molecule has 0 unspecified atom stereocenters. The summed E-state index contributed by atoms with van der Waals surface area (Å²) >= 11 is 0. The van der Waals surface area contributed by atoms with E-state index in [4.69, 9.17) is 4.74 Å². The van der Waals surface area contributed by atoms with Crippen molar-refractivity contribution < 1.29 is 14.3 Å². The number of benzene rings is 1. The minimum absolute atomic E-state index is 0.140. The second-order valence-corrected chi connectivity index (χ2v) is 5.51. The molecular formula is C15H16N4O3. The third-order valence-electron chi connectivity index (χ3n) is 4.19. The molecule has 0 saturated heterocycles. The first kappa shape index (κ1) is 13.1. The molecule has 0 bridgehead atoms. The molecule has 1 aromatic carbocycles. The van der Waals surface area contributed by atoms with Gasteiger partial charge in [-0.25, -0.2) is 5.43 Å². The lowest BCUT2D eigenvalue weighted by atomic mass is 10.1. The first-order valence-corrected chi connectivity index (χ1v) is 7.42. The zero-order valence-corrected chi connectivity index (χ0v) is 12.0. The normalized spacial score (nSPS) is 19.8. The van der Waals surface area contributed by atoms with Crippen LogP contribution in [0.3, 0.4) is 0 Å². The van der Waals surface area contributed by atoms with Gasteiger partial charge in [0.1, 0.15) is 23.8 Å². The Hall–Kier alpha value is -2.57. The smallest absolute Gasteiger partial charge is 0.274 e. The van der Waals surface area contributed by atoms with Crippen molar-refractivity contribution in [1.82, 2.24) is 5.43 Å². The second kappa shape index (κ2) is 5.01. The van der Waals surface area contributed by atoms with Crippen molar-refractivity contribution in [1.29, 1.82) is 0 Å². The van der Waals surface area contributed by atoms with E-state index in [-0.39, 0.29) is 11.8 Å². The predicted octanol–water partition coefficient (Wildman–Crippen LogP) is 0.498. The summed E-state index contributed by atoms with van der Waals surface area (Å²) in [7, 11) is 0. The maximum atomic E-state index is 12.7. The predicted molar refractivity (Wildman–Crippen MR) is 81.3 cm³/mol. The fraction of sp³-hybridized carbons (Fsp3) is 0.400. The van der Waals surface area contributed by atoms with Crippen molar-refractivity contribution in [3.8, 4) is 5.75 Å². The van der Waals surface area contributed by atoms with Crippen LogP contribution < -0.4 is 20.0 Å². The van der Waals surface area contributed by atoms with Gasteiger partial charge in [0.25, 0.3) is 5.91 Å². The summed E-state index contributed by atoms with van der Waals surface area (Å²) in [4.78, 5) is 27.9. The Balaban J connectivity index is 1.69. The van der Waals surface area contributed by atoms with Gasteiger partial charge in [0.2, 0.25) is 5.91 Å². The zero-order chi connectivity index (χ0) is 15.1. The van der Waals surface area contributed by atoms with E-state index in [2.05, 4.69) is 15.4 Å². The standard InChI is InChI=1S/C15H16N4O3/c20-13-5-4-10(16-17-13)15(21)19-7-6-18-8-9-22-12-3-1-2-11(19)14(12)18/h1-3H,4-9H2,(H,17,20). The molecule has 0 radical (unpaired) electrons. The zero-order valence-electron chi connectivity index (χ0n) is 12.0. The third kappa shape index (κ3) is 2.01. The number of nitrogens with one attached hydrogen (secondary N) is 1. The molecule has 0 spiro atoms. The van der Waals surface area contributed by atoms with Gasteiger partial charge < -0.3 is 14.5 Å².